The Balaban J connectivity index is 2.82. The van der Waals surface area contributed by atoms with Gasteiger partial charge >= 0.3 is 0 Å². The monoisotopic (exact) mass is 241 g/mol. The van der Waals surface area contributed by atoms with Gasteiger partial charge in [0.1, 0.15) is 11.6 Å². The Morgan fingerprint density at radius 1 is 1.31 bits per heavy atom. The summed E-state index contributed by atoms with van der Waals surface area (Å²) in [7, 11) is 0. The summed E-state index contributed by atoms with van der Waals surface area (Å²) in [5, 5.41) is 0. The first-order chi connectivity index (χ1) is 7.72. The van der Waals surface area contributed by atoms with Gasteiger partial charge in [0.15, 0.2) is 0 Å². The van der Waals surface area contributed by atoms with Crippen molar-refractivity contribution in [1.29, 1.82) is 0 Å². The number of nitrogens with zero attached hydrogens (tertiary/aromatic N) is 1. The van der Waals surface area contributed by atoms with E-state index in [0.29, 0.717) is 13.2 Å². The average molecular weight is 242 g/mol. The van der Waals surface area contributed by atoms with Gasteiger partial charge in [0.05, 0.1) is 6.61 Å². The van der Waals surface area contributed by atoms with Gasteiger partial charge in [-0.05, 0) is 38.1 Å². The van der Waals surface area contributed by atoms with Crippen LogP contribution in [-0.4, -0.2) is 24.9 Å². The Morgan fingerprint density at radius 2 is 1.94 bits per heavy atom. The normalized spacial score (nSPS) is 9.94. The van der Waals surface area contributed by atoms with Crippen LogP contribution < -0.4 is 9.64 Å². The van der Waals surface area contributed by atoms with Crippen LogP contribution in [0.1, 0.15) is 13.8 Å². The lowest BCUT2D eigenvalue weighted by Gasteiger charge is -2.20. The predicted octanol–water partition coefficient (Wildman–Crippen LogP) is 2.68. The van der Waals surface area contributed by atoms with Crippen molar-refractivity contribution in [3.05, 3.63) is 24.3 Å². The van der Waals surface area contributed by atoms with Gasteiger partial charge < -0.3 is 9.64 Å². The van der Waals surface area contributed by atoms with Gasteiger partial charge in [-0.15, -0.1) is 11.6 Å². The summed E-state index contributed by atoms with van der Waals surface area (Å²) in [6.45, 7) is 5.10. The largest absolute Gasteiger partial charge is 0.494 e. The van der Waals surface area contributed by atoms with E-state index < -0.39 is 0 Å². The van der Waals surface area contributed by atoms with Crippen molar-refractivity contribution < 1.29 is 9.53 Å². The zero-order valence-corrected chi connectivity index (χ0v) is 10.3. The summed E-state index contributed by atoms with van der Waals surface area (Å²) in [4.78, 5) is 13.2. The van der Waals surface area contributed by atoms with Crippen LogP contribution in [0.5, 0.6) is 5.75 Å². The van der Waals surface area contributed by atoms with Gasteiger partial charge in [-0.25, -0.2) is 0 Å². The van der Waals surface area contributed by atoms with Gasteiger partial charge in [0.2, 0.25) is 5.91 Å². The average Bonchev–Trinajstić information content (AvgIpc) is 2.32. The van der Waals surface area contributed by atoms with E-state index in [4.69, 9.17) is 16.3 Å². The number of anilines is 1. The highest BCUT2D eigenvalue weighted by Gasteiger charge is 2.12. The van der Waals surface area contributed by atoms with Crippen LogP contribution in [0.2, 0.25) is 0 Å². The van der Waals surface area contributed by atoms with E-state index in [1.807, 2.05) is 38.1 Å². The smallest absolute Gasteiger partial charge is 0.241 e. The van der Waals surface area contributed by atoms with E-state index in [0.717, 1.165) is 11.4 Å². The predicted molar refractivity (Wildman–Crippen MR) is 66.4 cm³/mol. The zero-order chi connectivity index (χ0) is 12.0. The third-order valence-corrected chi connectivity index (χ3v) is 2.42. The maximum Gasteiger partial charge on any atom is 0.241 e. The molecule has 0 aliphatic heterocycles. The lowest BCUT2D eigenvalue weighted by Crippen LogP contribution is -2.31. The summed E-state index contributed by atoms with van der Waals surface area (Å²) in [6.07, 6.45) is 0. The second-order valence-electron chi connectivity index (χ2n) is 3.20. The number of alkyl halides is 1. The molecular formula is C12H16ClNO2. The molecule has 0 unspecified atom stereocenters. The standard InChI is InChI=1S/C12H16ClNO2/c1-3-14(12(15)9-13)10-5-7-11(8-6-10)16-4-2/h5-8H,3-4,9H2,1-2H3. The van der Waals surface area contributed by atoms with Crippen LogP contribution in [0.4, 0.5) is 5.69 Å². The maximum atomic E-state index is 11.5. The molecule has 88 valence electrons. The Hall–Kier alpha value is -1.22. The minimum atomic E-state index is -0.0895. The molecule has 0 N–H and O–H groups in total. The van der Waals surface area contributed by atoms with E-state index in [-0.39, 0.29) is 11.8 Å². The van der Waals surface area contributed by atoms with E-state index in [9.17, 15) is 4.79 Å². The van der Waals surface area contributed by atoms with Crippen molar-refractivity contribution in [2.75, 3.05) is 23.9 Å². The molecule has 16 heavy (non-hydrogen) atoms. The highest BCUT2D eigenvalue weighted by molar-refractivity contribution is 6.29. The molecule has 1 aromatic rings. The Labute approximate surface area is 101 Å². The minimum absolute atomic E-state index is 0.00104. The molecule has 1 aromatic carbocycles. The molecule has 0 heterocycles. The van der Waals surface area contributed by atoms with Gasteiger partial charge in [-0.1, -0.05) is 0 Å². The fourth-order valence-electron chi connectivity index (χ4n) is 1.46. The van der Waals surface area contributed by atoms with Crippen molar-refractivity contribution in [3.63, 3.8) is 0 Å². The number of amides is 1. The molecule has 0 saturated heterocycles. The lowest BCUT2D eigenvalue weighted by molar-refractivity contribution is -0.116. The summed E-state index contributed by atoms with van der Waals surface area (Å²) >= 11 is 5.54. The maximum absolute atomic E-state index is 11.5. The Kier molecular flexibility index (Phi) is 5.12. The molecule has 4 heteroatoms. The Morgan fingerprint density at radius 3 is 2.38 bits per heavy atom. The molecule has 1 rings (SSSR count). The van der Waals surface area contributed by atoms with Crippen LogP contribution in [0.3, 0.4) is 0 Å². The second-order valence-corrected chi connectivity index (χ2v) is 3.47. The van der Waals surface area contributed by atoms with Crippen molar-refractivity contribution in [2.24, 2.45) is 0 Å². The first kappa shape index (κ1) is 12.8. The second kappa shape index (κ2) is 6.38. The van der Waals surface area contributed by atoms with E-state index in [2.05, 4.69) is 0 Å². The molecule has 0 fully saturated rings. The molecule has 0 aliphatic carbocycles. The van der Waals surface area contributed by atoms with Gasteiger partial charge in [-0.2, -0.15) is 0 Å². The number of hydrogen-bond acceptors (Lipinski definition) is 2. The molecule has 0 bridgehead atoms. The Bertz CT molecular complexity index is 337. The third-order valence-electron chi connectivity index (χ3n) is 2.19. The molecule has 0 atom stereocenters. The quantitative estimate of drug-likeness (QED) is 0.742. The van der Waals surface area contributed by atoms with Crippen LogP contribution in [0, 0.1) is 0 Å². The lowest BCUT2D eigenvalue weighted by atomic mass is 10.2. The molecule has 0 aromatic heterocycles. The fraction of sp³-hybridized carbons (Fsp3) is 0.417. The molecule has 0 saturated carbocycles. The molecule has 0 radical (unpaired) electrons. The number of carbonyl (C=O) groups is 1. The highest BCUT2D eigenvalue weighted by atomic mass is 35.5. The molecule has 3 nitrogen and oxygen atoms in total. The van der Waals surface area contributed by atoms with Crippen LogP contribution in [-0.2, 0) is 4.79 Å². The number of ether oxygens (including phenoxy) is 1. The SMILES string of the molecule is CCOc1ccc(N(CC)C(=O)CCl)cc1. The number of halogens is 1. The van der Waals surface area contributed by atoms with Crippen molar-refractivity contribution >= 4 is 23.2 Å². The minimum Gasteiger partial charge on any atom is -0.494 e. The number of rotatable bonds is 5. The third kappa shape index (κ3) is 3.14. The topological polar surface area (TPSA) is 29.5 Å². The van der Waals surface area contributed by atoms with E-state index in [1.165, 1.54) is 0 Å². The van der Waals surface area contributed by atoms with Crippen molar-refractivity contribution in [3.8, 4) is 5.75 Å². The first-order valence-electron chi connectivity index (χ1n) is 5.32. The van der Waals surface area contributed by atoms with Crippen molar-refractivity contribution in [1.82, 2.24) is 0 Å². The zero-order valence-electron chi connectivity index (χ0n) is 9.57. The summed E-state index contributed by atoms with van der Waals surface area (Å²) in [5.74, 6) is 0.718. The van der Waals surface area contributed by atoms with Gasteiger partial charge in [-0.3, -0.25) is 4.79 Å². The number of hydrogen-bond donors (Lipinski definition) is 0. The van der Waals surface area contributed by atoms with Crippen LogP contribution >= 0.6 is 11.6 Å². The van der Waals surface area contributed by atoms with Gasteiger partial charge in [0, 0.05) is 12.2 Å². The van der Waals surface area contributed by atoms with Crippen LogP contribution in [0.25, 0.3) is 0 Å². The van der Waals surface area contributed by atoms with Crippen molar-refractivity contribution in [2.45, 2.75) is 13.8 Å². The highest BCUT2D eigenvalue weighted by Crippen LogP contribution is 2.19. The van der Waals surface area contributed by atoms with Crippen LogP contribution in [0.15, 0.2) is 24.3 Å². The van der Waals surface area contributed by atoms with E-state index in [1.54, 1.807) is 4.90 Å². The number of carbonyl (C=O) groups excluding carboxylic acids is 1. The molecular weight excluding hydrogens is 226 g/mol. The molecule has 0 spiro atoms. The van der Waals surface area contributed by atoms with E-state index >= 15 is 0 Å². The summed E-state index contributed by atoms with van der Waals surface area (Å²) in [6, 6.07) is 7.42. The summed E-state index contributed by atoms with van der Waals surface area (Å²) < 4.78 is 5.33. The van der Waals surface area contributed by atoms with Gasteiger partial charge in [0.25, 0.3) is 0 Å². The molecule has 1 amide bonds. The first-order valence-corrected chi connectivity index (χ1v) is 5.85. The molecule has 0 aliphatic rings. The fourth-order valence-corrected chi connectivity index (χ4v) is 1.61. The summed E-state index contributed by atoms with van der Waals surface area (Å²) in [5.41, 5.74) is 0.844. The number of benzene rings is 1.